The molecule has 0 atom stereocenters. The van der Waals surface area contributed by atoms with E-state index in [1.54, 1.807) is 6.26 Å². The minimum Gasteiger partial charge on any atom is -0.469 e. The Balaban J connectivity index is 1.85. The first-order chi connectivity index (χ1) is 8.79. The lowest BCUT2D eigenvalue weighted by molar-refractivity contribution is 0.0593. The molecule has 0 radical (unpaired) electrons. The number of esters is 1. The molecule has 0 spiro atoms. The summed E-state index contributed by atoms with van der Waals surface area (Å²) in [5, 5.41) is 3.08. The number of carbonyl (C=O) groups excluding carboxylic acids is 1. The van der Waals surface area contributed by atoms with Crippen LogP contribution in [0.25, 0.3) is 0 Å². The molecule has 2 aromatic rings. The Morgan fingerprint density at radius 2 is 2.33 bits per heavy atom. The number of nitrogens with zero attached hydrogens (tertiary/aromatic N) is 2. The Morgan fingerprint density at radius 3 is 2.94 bits per heavy atom. The summed E-state index contributed by atoms with van der Waals surface area (Å²) in [6.45, 7) is 0.680. The van der Waals surface area contributed by atoms with Gasteiger partial charge in [0.05, 0.1) is 25.8 Å². The first kappa shape index (κ1) is 12.1. The predicted octanol–water partition coefficient (Wildman–Crippen LogP) is 1.51. The molecule has 0 bridgehead atoms. The minimum atomic E-state index is -0.496. The number of hydrogen-bond acceptors (Lipinski definition) is 6. The van der Waals surface area contributed by atoms with E-state index < -0.39 is 5.97 Å². The van der Waals surface area contributed by atoms with E-state index in [2.05, 4.69) is 20.0 Å². The van der Waals surface area contributed by atoms with E-state index >= 15 is 0 Å². The Labute approximate surface area is 104 Å². The molecule has 0 aromatic carbocycles. The van der Waals surface area contributed by atoms with Gasteiger partial charge in [-0.1, -0.05) is 0 Å². The Kier molecular flexibility index (Phi) is 3.90. The summed E-state index contributed by atoms with van der Waals surface area (Å²) >= 11 is 0. The second-order valence-corrected chi connectivity index (χ2v) is 3.53. The van der Waals surface area contributed by atoms with Crippen LogP contribution in [0.4, 0.5) is 5.82 Å². The number of ether oxygens (including phenoxy) is 1. The summed E-state index contributed by atoms with van der Waals surface area (Å²) in [5.41, 5.74) is 0.189. The van der Waals surface area contributed by atoms with Crippen LogP contribution in [0.5, 0.6) is 0 Å². The zero-order valence-corrected chi connectivity index (χ0v) is 9.92. The first-order valence-corrected chi connectivity index (χ1v) is 5.46. The highest BCUT2D eigenvalue weighted by molar-refractivity contribution is 5.86. The van der Waals surface area contributed by atoms with Crippen molar-refractivity contribution in [2.75, 3.05) is 19.0 Å². The van der Waals surface area contributed by atoms with Crippen molar-refractivity contribution in [3.05, 3.63) is 42.2 Å². The van der Waals surface area contributed by atoms with Gasteiger partial charge in [0.2, 0.25) is 0 Å². The molecule has 6 nitrogen and oxygen atoms in total. The van der Waals surface area contributed by atoms with Crippen molar-refractivity contribution in [2.45, 2.75) is 6.42 Å². The topological polar surface area (TPSA) is 77.2 Å². The van der Waals surface area contributed by atoms with Crippen LogP contribution < -0.4 is 5.32 Å². The molecule has 0 saturated carbocycles. The molecule has 0 amide bonds. The van der Waals surface area contributed by atoms with Crippen LogP contribution in [0.15, 0.2) is 35.2 Å². The molecule has 1 N–H and O–H groups in total. The van der Waals surface area contributed by atoms with E-state index in [1.165, 1.54) is 19.5 Å². The van der Waals surface area contributed by atoms with Crippen LogP contribution in [-0.4, -0.2) is 29.6 Å². The average molecular weight is 247 g/mol. The third-order valence-corrected chi connectivity index (χ3v) is 2.30. The molecule has 0 aliphatic rings. The summed E-state index contributed by atoms with van der Waals surface area (Å²) in [6, 6.07) is 3.76. The lowest BCUT2D eigenvalue weighted by atomic mass is 10.3. The third kappa shape index (κ3) is 3.07. The standard InChI is InChI=1S/C12H13N3O3/c1-17-12(16)10-7-15-11(8-14-10)13-5-4-9-3-2-6-18-9/h2-3,6-8H,4-5H2,1H3,(H,13,15). The van der Waals surface area contributed by atoms with Crippen LogP contribution >= 0.6 is 0 Å². The van der Waals surface area contributed by atoms with Crippen molar-refractivity contribution >= 4 is 11.8 Å². The Bertz CT molecular complexity index is 494. The molecular formula is C12H13N3O3. The second kappa shape index (κ2) is 5.81. The van der Waals surface area contributed by atoms with E-state index in [0.29, 0.717) is 12.4 Å². The summed E-state index contributed by atoms with van der Waals surface area (Å²) in [5.74, 6) is 1.01. The van der Waals surface area contributed by atoms with Crippen LogP contribution in [0.3, 0.4) is 0 Å². The van der Waals surface area contributed by atoms with Gasteiger partial charge >= 0.3 is 5.97 Å². The van der Waals surface area contributed by atoms with Crippen LogP contribution in [0.2, 0.25) is 0 Å². The molecule has 2 heterocycles. The maximum absolute atomic E-state index is 11.1. The van der Waals surface area contributed by atoms with Crippen molar-refractivity contribution < 1.29 is 13.9 Å². The minimum absolute atomic E-state index is 0.189. The van der Waals surface area contributed by atoms with Gasteiger partial charge in [0.1, 0.15) is 11.6 Å². The maximum atomic E-state index is 11.1. The number of rotatable bonds is 5. The Morgan fingerprint density at radius 1 is 1.44 bits per heavy atom. The van der Waals surface area contributed by atoms with E-state index in [-0.39, 0.29) is 5.69 Å². The molecule has 0 fully saturated rings. The number of aromatic nitrogens is 2. The van der Waals surface area contributed by atoms with Crippen molar-refractivity contribution in [1.29, 1.82) is 0 Å². The molecule has 94 valence electrons. The first-order valence-electron chi connectivity index (χ1n) is 5.46. The zero-order chi connectivity index (χ0) is 12.8. The summed E-state index contributed by atoms with van der Waals surface area (Å²) < 4.78 is 9.73. The fraction of sp³-hybridized carbons (Fsp3) is 0.250. The van der Waals surface area contributed by atoms with Crippen molar-refractivity contribution in [1.82, 2.24) is 9.97 Å². The number of furan rings is 1. The van der Waals surface area contributed by atoms with Gasteiger partial charge in [0.25, 0.3) is 0 Å². The normalized spacial score (nSPS) is 10.1. The molecule has 2 aromatic heterocycles. The fourth-order valence-electron chi connectivity index (χ4n) is 1.40. The predicted molar refractivity (Wildman–Crippen MR) is 64.3 cm³/mol. The lowest BCUT2D eigenvalue weighted by Gasteiger charge is -2.04. The molecule has 0 aliphatic heterocycles. The number of anilines is 1. The van der Waals surface area contributed by atoms with Crippen molar-refractivity contribution in [3.8, 4) is 0 Å². The van der Waals surface area contributed by atoms with Crippen LogP contribution in [0.1, 0.15) is 16.2 Å². The van der Waals surface area contributed by atoms with Crippen LogP contribution in [0, 0.1) is 0 Å². The summed E-state index contributed by atoms with van der Waals surface area (Å²) in [4.78, 5) is 19.1. The van der Waals surface area contributed by atoms with E-state index in [9.17, 15) is 4.79 Å². The molecule has 0 saturated heterocycles. The fourth-order valence-corrected chi connectivity index (χ4v) is 1.40. The zero-order valence-electron chi connectivity index (χ0n) is 9.92. The van der Waals surface area contributed by atoms with Gasteiger partial charge in [-0.15, -0.1) is 0 Å². The van der Waals surface area contributed by atoms with Gasteiger partial charge in [0, 0.05) is 13.0 Å². The highest BCUT2D eigenvalue weighted by Crippen LogP contribution is 2.04. The number of nitrogens with one attached hydrogen (secondary N) is 1. The van der Waals surface area contributed by atoms with E-state index in [4.69, 9.17) is 4.42 Å². The molecule has 18 heavy (non-hydrogen) atoms. The smallest absolute Gasteiger partial charge is 0.358 e. The maximum Gasteiger partial charge on any atom is 0.358 e. The molecular weight excluding hydrogens is 234 g/mol. The molecule has 2 rings (SSSR count). The highest BCUT2D eigenvalue weighted by atomic mass is 16.5. The van der Waals surface area contributed by atoms with Gasteiger partial charge in [-0.05, 0) is 12.1 Å². The third-order valence-electron chi connectivity index (χ3n) is 2.30. The molecule has 0 unspecified atom stereocenters. The average Bonchev–Trinajstić information content (AvgIpc) is 2.92. The van der Waals surface area contributed by atoms with Gasteiger partial charge in [-0.3, -0.25) is 0 Å². The summed E-state index contributed by atoms with van der Waals surface area (Å²) in [7, 11) is 1.31. The number of methoxy groups -OCH3 is 1. The monoisotopic (exact) mass is 247 g/mol. The SMILES string of the molecule is COC(=O)c1cnc(NCCc2ccco2)cn1. The van der Waals surface area contributed by atoms with E-state index in [0.717, 1.165) is 12.2 Å². The van der Waals surface area contributed by atoms with Gasteiger partial charge < -0.3 is 14.5 Å². The Hall–Kier alpha value is -2.37. The van der Waals surface area contributed by atoms with Crippen molar-refractivity contribution in [2.24, 2.45) is 0 Å². The number of hydrogen-bond donors (Lipinski definition) is 1. The van der Waals surface area contributed by atoms with Crippen molar-refractivity contribution in [3.63, 3.8) is 0 Å². The summed E-state index contributed by atoms with van der Waals surface area (Å²) in [6.07, 6.45) is 5.27. The second-order valence-electron chi connectivity index (χ2n) is 3.53. The van der Waals surface area contributed by atoms with Gasteiger partial charge in [0.15, 0.2) is 5.69 Å². The van der Waals surface area contributed by atoms with E-state index in [1.807, 2.05) is 12.1 Å². The van der Waals surface area contributed by atoms with Gasteiger partial charge in [-0.25, -0.2) is 14.8 Å². The lowest BCUT2D eigenvalue weighted by Crippen LogP contribution is -2.09. The highest BCUT2D eigenvalue weighted by Gasteiger charge is 2.06. The molecule has 0 aliphatic carbocycles. The quantitative estimate of drug-likeness (QED) is 0.807. The largest absolute Gasteiger partial charge is 0.469 e. The number of carbonyl (C=O) groups is 1. The molecule has 6 heteroatoms. The van der Waals surface area contributed by atoms with Gasteiger partial charge in [-0.2, -0.15) is 0 Å². The van der Waals surface area contributed by atoms with Crippen LogP contribution in [-0.2, 0) is 11.2 Å².